The second-order valence-corrected chi connectivity index (χ2v) is 10.5. The van der Waals surface area contributed by atoms with Crippen molar-refractivity contribution in [2.75, 3.05) is 36.5 Å². The predicted octanol–water partition coefficient (Wildman–Crippen LogP) is 7.32. The van der Waals surface area contributed by atoms with Crippen molar-refractivity contribution in [1.29, 1.82) is 0 Å². The Balaban J connectivity index is 1.52. The number of nitrogens with zero attached hydrogens (tertiary/aromatic N) is 2. The molecule has 0 bridgehead atoms. The van der Waals surface area contributed by atoms with Crippen LogP contribution in [-0.4, -0.2) is 43.3 Å². The number of likely N-dealkylation sites (tertiary alicyclic amines) is 1. The van der Waals surface area contributed by atoms with E-state index < -0.39 is 12.1 Å². The zero-order chi connectivity index (χ0) is 24.8. The minimum atomic E-state index is -0.680. The third-order valence-corrected chi connectivity index (χ3v) is 7.32. The molecule has 0 unspecified atom stereocenters. The highest BCUT2D eigenvalue weighted by molar-refractivity contribution is 7.17. The van der Waals surface area contributed by atoms with Crippen molar-refractivity contribution < 1.29 is 14.3 Å². The fraction of sp³-hybridized carbons (Fsp3) is 0.429. The van der Waals surface area contributed by atoms with Gasteiger partial charge in [0.1, 0.15) is 0 Å². The molecular weight excluding hydrogens is 458 g/mol. The summed E-state index contributed by atoms with van der Waals surface area (Å²) in [6.45, 7) is 10.1. The summed E-state index contributed by atoms with van der Waals surface area (Å²) in [6.07, 6.45) is 2.31. The molecule has 7 heteroatoms. The molecule has 1 saturated heterocycles. The summed E-state index contributed by atoms with van der Waals surface area (Å²) in [5.41, 5.74) is 2.51. The van der Waals surface area contributed by atoms with E-state index in [9.17, 15) is 9.59 Å². The van der Waals surface area contributed by atoms with Crippen LogP contribution in [0.1, 0.15) is 51.5 Å². The van der Waals surface area contributed by atoms with E-state index in [1.807, 2.05) is 25.1 Å². The standard InChI is InChI=1S/C28H35N3O3S/c1-4-16-34-28(33)31(23-8-6-5-7-9-23)27(32)29-22-10-11-26-24(17-22)25(19-35-26)21-12-14-30(15-13-21)18-20(2)3/h5-11,17,19-21H,4,12-16,18H2,1-3H3,(H,29,32). The van der Waals surface area contributed by atoms with Crippen LogP contribution in [0.3, 0.4) is 0 Å². The number of ether oxygens (including phenoxy) is 1. The van der Waals surface area contributed by atoms with Gasteiger partial charge in [-0.25, -0.2) is 9.59 Å². The van der Waals surface area contributed by atoms with Gasteiger partial charge in [-0.3, -0.25) is 0 Å². The Morgan fingerprint density at radius 1 is 1.14 bits per heavy atom. The topological polar surface area (TPSA) is 61.9 Å². The van der Waals surface area contributed by atoms with Crippen LogP contribution >= 0.6 is 11.3 Å². The number of urea groups is 1. The number of amides is 3. The second-order valence-electron chi connectivity index (χ2n) is 9.59. The monoisotopic (exact) mass is 493 g/mol. The molecule has 1 aromatic heterocycles. The molecule has 3 aromatic rings. The Bertz CT molecular complexity index is 1140. The van der Waals surface area contributed by atoms with Gasteiger partial charge in [0.25, 0.3) is 0 Å². The number of hydrogen-bond acceptors (Lipinski definition) is 5. The highest BCUT2D eigenvalue weighted by Crippen LogP contribution is 2.38. The minimum absolute atomic E-state index is 0.260. The number of nitrogens with one attached hydrogen (secondary N) is 1. The summed E-state index contributed by atoms with van der Waals surface area (Å²) >= 11 is 1.75. The lowest BCUT2D eigenvalue weighted by atomic mass is 9.89. The van der Waals surface area contributed by atoms with E-state index in [1.165, 1.54) is 15.6 Å². The first kappa shape index (κ1) is 25.2. The molecule has 0 radical (unpaired) electrons. The lowest BCUT2D eigenvalue weighted by Gasteiger charge is -2.33. The van der Waals surface area contributed by atoms with Gasteiger partial charge < -0.3 is 15.0 Å². The number of thiophene rings is 1. The number of benzene rings is 2. The second kappa shape index (κ2) is 11.7. The van der Waals surface area contributed by atoms with E-state index in [2.05, 4.69) is 35.5 Å². The first-order valence-corrected chi connectivity index (χ1v) is 13.4. The Labute approximate surface area is 211 Å². The summed E-state index contributed by atoms with van der Waals surface area (Å²) in [5.74, 6) is 1.22. The van der Waals surface area contributed by atoms with Crippen LogP contribution in [0, 0.1) is 5.92 Å². The SMILES string of the molecule is CCCOC(=O)N(C(=O)Nc1ccc2scc(C3CCN(CC(C)C)CC3)c2c1)c1ccccc1. The maximum atomic E-state index is 13.2. The van der Waals surface area contributed by atoms with E-state index in [0.717, 1.165) is 37.4 Å². The van der Waals surface area contributed by atoms with Crippen molar-refractivity contribution in [2.24, 2.45) is 5.92 Å². The van der Waals surface area contributed by atoms with Crippen molar-refractivity contribution in [2.45, 2.75) is 46.0 Å². The van der Waals surface area contributed by atoms with Crippen molar-refractivity contribution in [3.8, 4) is 0 Å². The molecular formula is C28H35N3O3S. The van der Waals surface area contributed by atoms with Crippen LogP contribution in [0.2, 0.25) is 0 Å². The maximum absolute atomic E-state index is 13.2. The Morgan fingerprint density at radius 3 is 2.57 bits per heavy atom. The van der Waals surface area contributed by atoms with Crippen molar-refractivity contribution in [1.82, 2.24) is 4.90 Å². The van der Waals surface area contributed by atoms with Gasteiger partial charge in [0.15, 0.2) is 0 Å². The molecule has 2 aromatic carbocycles. The van der Waals surface area contributed by atoms with Gasteiger partial charge in [-0.2, -0.15) is 4.90 Å². The largest absolute Gasteiger partial charge is 0.449 e. The summed E-state index contributed by atoms with van der Waals surface area (Å²) < 4.78 is 6.49. The van der Waals surface area contributed by atoms with Crippen LogP contribution in [0.5, 0.6) is 0 Å². The molecule has 0 atom stereocenters. The van der Waals surface area contributed by atoms with Crippen molar-refractivity contribution in [3.63, 3.8) is 0 Å². The molecule has 1 aliphatic heterocycles. The molecule has 1 N–H and O–H groups in total. The van der Waals surface area contributed by atoms with E-state index in [4.69, 9.17) is 4.74 Å². The van der Waals surface area contributed by atoms with E-state index in [0.29, 0.717) is 29.6 Å². The van der Waals surface area contributed by atoms with Crippen LogP contribution in [0.15, 0.2) is 53.9 Å². The van der Waals surface area contributed by atoms with Gasteiger partial charge in [-0.05, 0) is 90.8 Å². The minimum Gasteiger partial charge on any atom is -0.449 e. The van der Waals surface area contributed by atoms with Crippen molar-refractivity contribution >= 4 is 44.9 Å². The first-order valence-electron chi connectivity index (χ1n) is 12.5. The molecule has 186 valence electrons. The zero-order valence-electron chi connectivity index (χ0n) is 20.8. The van der Waals surface area contributed by atoms with E-state index >= 15 is 0 Å². The maximum Gasteiger partial charge on any atom is 0.422 e. The van der Waals surface area contributed by atoms with Crippen LogP contribution in [0.25, 0.3) is 10.1 Å². The normalized spacial score (nSPS) is 14.9. The quantitative estimate of drug-likeness (QED) is 0.374. The zero-order valence-corrected chi connectivity index (χ0v) is 21.6. The Hall–Kier alpha value is -2.90. The fourth-order valence-corrected chi connectivity index (χ4v) is 5.73. The number of carbonyl (C=O) groups excluding carboxylic acids is 2. The summed E-state index contributed by atoms with van der Waals surface area (Å²) in [5, 5.41) is 6.39. The number of imide groups is 1. The molecule has 4 rings (SSSR count). The fourth-order valence-electron chi connectivity index (χ4n) is 4.70. The number of piperidine rings is 1. The summed E-state index contributed by atoms with van der Waals surface area (Å²) in [4.78, 5) is 29.5. The van der Waals surface area contributed by atoms with Gasteiger partial charge in [-0.1, -0.05) is 39.0 Å². The average molecular weight is 494 g/mol. The molecule has 1 fully saturated rings. The summed E-state index contributed by atoms with van der Waals surface area (Å²) in [6, 6.07) is 14.3. The highest BCUT2D eigenvalue weighted by Gasteiger charge is 2.26. The smallest absolute Gasteiger partial charge is 0.422 e. The number of fused-ring (bicyclic) bond motifs is 1. The third kappa shape index (κ3) is 6.21. The van der Waals surface area contributed by atoms with Gasteiger partial charge in [-0.15, -0.1) is 11.3 Å². The molecule has 3 amide bonds. The lowest BCUT2D eigenvalue weighted by molar-refractivity contribution is 0.155. The number of para-hydroxylation sites is 1. The third-order valence-electron chi connectivity index (χ3n) is 6.34. The van der Waals surface area contributed by atoms with Crippen LogP contribution < -0.4 is 10.2 Å². The summed E-state index contributed by atoms with van der Waals surface area (Å²) in [7, 11) is 0. The van der Waals surface area contributed by atoms with E-state index in [-0.39, 0.29) is 6.61 Å². The number of anilines is 2. The molecule has 35 heavy (non-hydrogen) atoms. The molecule has 0 spiro atoms. The van der Waals surface area contributed by atoms with Gasteiger partial charge in [0.05, 0.1) is 12.3 Å². The van der Waals surface area contributed by atoms with Crippen LogP contribution in [-0.2, 0) is 4.74 Å². The number of hydrogen-bond donors (Lipinski definition) is 1. The van der Waals surface area contributed by atoms with Gasteiger partial charge in [0.2, 0.25) is 0 Å². The predicted molar refractivity (Wildman–Crippen MR) is 145 cm³/mol. The molecule has 0 aliphatic carbocycles. The van der Waals surface area contributed by atoms with E-state index in [1.54, 1.807) is 35.6 Å². The molecule has 6 nitrogen and oxygen atoms in total. The van der Waals surface area contributed by atoms with Crippen molar-refractivity contribution in [3.05, 3.63) is 59.5 Å². The molecule has 0 saturated carbocycles. The number of rotatable bonds is 7. The van der Waals surface area contributed by atoms with Gasteiger partial charge >= 0.3 is 12.1 Å². The Kier molecular flexibility index (Phi) is 8.42. The van der Waals surface area contributed by atoms with Crippen LogP contribution in [0.4, 0.5) is 21.0 Å². The average Bonchev–Trinajstić information content (AvgIpc) is 3.27. The number of carbonyl (C=O) groups is 2. The first-order chi connectivity index (χ1) is 17.0. The molecule has 1 aliphatic rings. The lowest BCUT2D eigenvalue weighted by Crippen LogP contribution is -2.40. The highest BCUT2D eigenvalue weighted by atomic mass is 32.1. The van der Waals surface area contributed by atoms with Gasteiger partial charge in [0, 0.05) is 16.9 Å². The molecule has 2 heterocycles. The Morgan fingerprint density at radius 2 is 1.89 bits per heavy atom.